The lowest BCUT2D eigenvalue weighted by Gasteiger charge is -2.28. The molecule has 0 aromatic carbocycles. The van der Waals surface area contributed by atoms with Crippen molar-refractivity contribution in [1.29, 1.82) is 0 Å². The molecule has 5 heteroatoms. The molecule has 0 unspecified atom stereocenters. The number of hydrogen-bond acceptors (Lipinski definition) is 3. The molecular weight excluding hydrogens is 264 g/mol. The van der Waals surface area contributed by atoms with E-state index in [0.717, 1.165) is 34.8 Å². The van der Waals surface area contributed by atoms with Gasteiger partial charge in [-0.05, 0) is 22.0 Å². The molecule has 0 N–H and O–H groups in total. The highest BCUT2D eigenvalue weighted by molar-refractivity contribution is 9.10. The average molecular weight is 275 g/mol. The lowest BCUT2D eigenvalue weighted by Crippen LogP contribution is -2.37. The zero-order valence-corrected chi connectivity index (χ0v) is 10.1. The maximum Gasteiger partial charge on any atom is 0.0592 e. The van der Waals surface area contributed by atoms with E-state index in [1.165, 1.54) is 0 Å². The highest BCUT2D eigenvalue weighted by Gasteiger charge is 2.16. The monoisotopic (exact) mass is 274 g/mol. The zero-order chi connectivity index (χ0) is 9.97. The topological polar surface area (TPSA) is 33.2 Å². The van der Waals surface area contributed by atoms with Crippen LogP contribution in [-0.4, -0.2) is 33.8 Å². The first-order chi connectivity index (χ1) is 6.77. The maximum atomic E-state index is 11.2. The van der Waals surface area contributed by atoms with Gasteiger partial charge in [0.15, 0.2) is 0 Å². The molecule has 0 amide bonds. The van der Waals surface area contributed by atoms with Crippen molar-refractivity contribution in [2.24, 2.45) is 0 Å². The van der Waals surface area contributed by atoms with Crippen molar-refractivity contribution in [1.82, 2.24) is 4.98 Å². The third kappa shape index (κ3) is 2.15. The van der Waals surface area contributed by atoms with Crippen LogP contribution in [0.1, 0.15) is 0 Å². The first kappa shape index (κ1) is 10.1. The Kier molecular flexibility index (Phi) is 3.18. The van der Waals surface area contributed by atoms with Gasteiger partial charge in [0.2, 0.25) is 0 Å². The number of hydrogen-bond donors (Lipinski definition) is 0. The summed E-state index contributed by atoms with van der Waals surface area (Å²) in [6.45, 7) is 1.74. The van der Waals surface area contributed by atoms with Gasteiger partial charge >= 0.3 is 0 Å². The second-order valence-electron chi connectivity index (χ2n) is 3.16. The van der Waals surface area contributed by atoms with Crippen LogP contribution in [0.15, 0.2) is 22.9 Å². The smallest absolute Gasteiger partial charge is 0.0592 e. The zero-order valence-electron chi connectivity index (χ0n) is 7.65. The summed E-state index contributed by atoms with van der Waals surface area (Å²) < 4.78 is 12.2. The third-order valence-electron chi connectivity index (χ3n) is 2.27. The summed E-state index contributed by atoms with van der Waals surface area (Å²) in [4.78, 5) is 6.26. The Labute approximate surface area is 94.1 Å². The van der Waals surface area contributed by atoms with Gasteiger partial charge in [-0.2, -0.15) is 0 Å². The largest absolute Gasteiger partial charge is 0.369 e. The van der Waals surface area contributed by atoms with Crippen LogP contribution in [0.2, 0.25) is 0 Å². The molecule has 0 bridgehead atoms. The van der Waals surface area contributed by atoms with E-state index in [1.807, 2.05) is 6.07 Å². The standard InChI is InChI=1S/C9H11BrN2OS/c10-8-7-11-2-1-9(8)12-3-5-14(13)6-4-12/h1-2,7H,3-6H2. The third-order valence-corrected chi connectivity index (χ3v) is 4.16. The molecule has 76 valence electrons. The van der Waals surface area contributed by atoms with E-state index < -0.39 is 10.8 Å². The van der Waals surface area contributed by atoms with Crippen molar-refractivity contribution < 1.29 is 4.21 Å². The fourth-order valence-corrected chi connectivity index (χ4v) is 3.06. The van der Waals surface area contributed by atoms with Gasteiger partial charge in [0.05, 0.1) is 10.2 Å². The molecule has 0 atom stereocenters. The molecule has 1 aromatic rings. The fraction of sp³-hybridized carbons (Fsp3) is 0.444. The van der Waals surface area contributed by atoms with Crippen LogP contribution in [0.3, 0.4) is 0 Å². The molecule has 1 aliphatic heterocycles. The highest BCUT2D eigenvalue weighted by Crippen LogP contribution is 2.25. The highest BCUT2D eigenvalue weighted by atomic mass is 79.9. The lowest BCUT2D eigenvalue weighted by atomic mass is 10.3. The second-order valence-corrected chi connectivity index (χ2v) is 5.71. The van der Waals surface area contributed by atoms with Crippen LogP contribution in [0.4, 0.5) is 5.69 Å². The van der Waals surface area contributed by atoms with Crippen LogP contribution in [0.5, 0.6) is 0 Å². The summed E-state index contributed by atoms with van der Waals surface area (Å²) in [5, 5.41) is 0. The van der Waals surface area contributed by atoms with Crippen LogP contribution in [0.25, 0.3) is 0 Å². The number of anilines is 1. The molecule has 3 nitrogen and oxygen atoms in total. The van der Waals surface area contributed by atoms with Gasteiger partial charge in [-0.3, -0.25) is 9.19 Å². The minimum absolute atomic E-state index is 0.614. The van der Waals surface area contributed by atoms with E-state index >= 15 is 0 Å². The van der Waals surface area contributed by atoms with Crippen molar-refractivity contribution in [3.05, 3.63) is 22.9 Å². The van der Waals surface area contributed by atoms with Crippen LogP contribution in [-0.2, 0) is 10.8 Å². The van der Waals surface area contributed by atoms with Crippen molar-refractivity contribution in [2.45, 2.75) is 0 Å². The molecule has 2 heterocycles. The van der Waals surface area contributed by atoms with E-state index in [9.17, 15) is 4.21 Å². The number of nitrogens with zero attached hydrogens (tertiary/aromatic N) is 2. The first-order valence-electron chi connectivity index (χ1n) is 4.47. The SMILES string of the molecule is O=S1CCN(c2ccncc2Br)CC1. The summed E-state index contributed by atoms with van der Waals surface area (Å²) in [5.41, 5.74) is 1.15. The van der Waals surface area contributed by atoms with Crippen LogP contribution in [0, 0.1) is 0 Å². The van der Waals surface area contributed by atoms with Gasteiger partial charge in [0, 0.05) is 47.8 Å². The predicted octanol–water partition coefficient (Wildman–Crippen LogP) is 1.41. The number of halogens is 1. The summed E-state index contributed by atoms with van der Waals surface area (Å²) in [7, 11) is -0.614. The minimum Gasteiger partial charge on any atom is -0.369 e. The van der Waals surface area contributed by atoms with Gasteiger partial charge < -0.3 is 4.90 Å². The maximum absolute atomic E-state index is 11.2. The summed E-state index contributed by atoms with van der Waals surface area (Å²) in [5.74, 6) is 1.55. The Bertz CT molecular complexity index is 348. The van der Waals surface area contributed by atoms with E-state index in [1.54, 1.807) is 12.4 Å². The Balaban J connectivity index is 2.16. The van der Waals surface area contributed by atoms with Crippen molar-refractivity contribution in [3.8, 4) is 0 Å². The van der Waals surface area contributed by atoms with Gasteiger partial charge in [0.1, 0.15) is 0 Å². The number of pyridine rings is 1. The van der Waals surface area contributed by atoms with E-state index in [4.69, 9.17) is 0 Å². The normalized spacial score (nSPS) is 18.5. The van der Waals surface area contributed by atoms with Crippen molar-refractivity contribution >= 4 is 32.4 Å². The van der Waals surface area contributed by atoms with Gasteiger partial charge in [-0.25, -0.2) is 0 Å². The summed E-state index contributed by atoms with van der Waals surface area (Å²) in [6, 6.07) is 1.98. The summed E-state index contributed by atoms with van der Waals surface area (Å²) >= 11 is 3.47. The van der Waals surface area contributed by atoms with Crippen molar-refractivity contribution in [2.75, 3.05) is 29.5 Å². The Morgan fingerprint density at radius 1 is 1.43 bits per heavy atom. The van der Waals surface area contributed by atoms with Gasteiger partial charge in [0.25, 0.3) is 0 Å². The molecule has 0 saturated carbocycles. The van der Waals surface area contributed by atoms with Crippen LogP contribution < -0.4 is 4.90 Å². The van der Waals surface area contributed by atoms with E-state index in [-0.39, 0.29) is 0 Å². The predicted molar refractivity (Wildman–Crippen MR) is 62.0 cm³/mol. The molecule has 14 heavy (non-hydrogen) atoms. The quantitative estimate of drug-likeness (QED) is 0.777. The van der Waals surface area contributed by atoms with E-state index in [2.05, 4.69) is 25.8 Å². The number of aromatic nitrogens is 1. The van der Waals surface area contributed by atoms with Gasteiger partial charge in [-0.15, -0.1) is 0 Å². The fourth-order valence-electron chi connectivity index (χ4n) is 1.50. The Morgan fingerprint density at radius 2 is 2.14 bits per heavy atom. The van der Waals surface area contributed by atoms with Gasteiger partial charge in [-0.1, -0.05) is 0 Å². The molecule has 1 fully saturated rings. The lowest BCUT2D eigenvalue weighted by molar-refractivity contribution is 0.673. The molecular formula is C9H11BrN2OS. The molecule has 2 rings (SSSR count). The minimum atomic E-state index is -0.614. The molecule has 1 aliphatic rings. The summed E-state index contributed by atoms with van der Waals surface area (Å²) in [6.07, 6.45) is 3.58. The average Bonchev–Trinajstić information content (AvgIpc) is 2.20. The van der Waals surface area contributed by atoms with Crippen LogP contribution >= 0.6 is 15.9 Å². The first-order valence-corrected chi connectivity index (χ1v) is 6.75. The Morgan fingerprint density at radius 3 is 2.79 bits per heavy atom. The molecule has 0 spiro atoms. The Hall–Kier alpha value is -0.420. The van der Waals surface area contributed by atoms with E-state index in [0.29, 0.717) is 0 Å². The molecule has 1 aromatic heterocycles. The molecule has 0 radical (unpaired) electrons. The molecule has 0 aliphatic carbocycles. The second kappa shape index (κ2) is 4.40. The molecule has 1 saturated heterocycles. The number of rotatable bonds is 1. The van der Waals surface area contributed by atoms with Crippen molar-refractivity contribution in [3.63, 3.8) is 0 Å².